The molecule has 0 aromatic carbocycles. The first-order chi connectivity index (χ1) is 12.7. The molecule has 2 unspecified atom stereocenters. The molecular formula is C22H37NO4. The van der Waals surface area contributed by atoms with E-state index in [0.29, 0.717) is 30.5 Å². The summed E-state index contributed by atoms with van der Waals surface area (Å²) in [6.45, 7) is 11.8. The van der Waals surface area contributed by atoms with Crippen molar-refractivity contribution in [3.63, 3.8) is 0 Å². The molecule has 154 valence electrons. The molecule has 5 heteroatoms. The zero-order valence-corrected chi connectivity index (χ0v) is 17.6. The lowest BCUT2D eigenvalue weighted by Crippen LogP contribution is -2.64. The van der Waals surface area contributed by atoms with Crippen LogP contribution in [0, 0.1) is 23.2 Å². The van der Waals surface area contributed by atoms with Crippen molar-refractivity contribution in [3.8, 4) is 0 Å². The summed E-state index contributed by atoms with van der Waals surface area (Å²) >= 11 is 0. The summed E-state index contributed by atoms with van der Waals surface area (Å²) in [4.78, 5) is 12.5. The van der Waals surface area contributed by atoms with Crippen molar-refractivity contribution in [2.24, 2.45) is 23.2 Å². The van der Waals surface area contributed by atoms with E-state index in [1.54, 1.807) is 0 Å². The number of allylic oxidation sites excluding steroid dienone is 1. The van der Waals surface area contributed by atoms with Gasteiger partial charge in [0.2, 0.25) is 0 Å². The average Bonchev–Trinajstić information content (AvgIpc) is 3.10. The van der Waals surface area contributed by atoms with Crippen molar-refractivity contribution in [1.29, 1.82) is 0 Å². The van der Waals surface area contributed by atoms with Crippen LogP contribution < -0.4 is 5.32 Å². The van der Waals surface area contributed by atoms with Gasteiger partial charge in [0.05, 0.1) is 13.2 Å². The third kappa shape index (κ3) is 4.68. The van der Waals surface area contributed by atoms with E-state index in [0.717, 1.165) is 18.8 Å². The predicted molar refractivity (Wildman–Crippen MR) is 105 cm³/mol. The molecule has 1 heterocycles. The lowest BCUT2D eigenvalue weighted by molar-refractivity contribution is -0.127. The number of carbonyl (C=O) groups excluding carboxylic acids is 1. The summed E-state index contributed by atoms with van der Waals surface area (Å²) in [5, 5.41) is 3.24. The number of nitrogens with one attached hydrogen (secondary N) is 1. The Morgan fingerprint density at radius 2 is 1.85 bits per heavy atom. The van der Waals surface area contributed by atoms with Crippen LogP contribution in [0.1, 0.15) is 66.7 Å². The molecule has 0 aromatic heterocycles. The highest BCUT2D eigenvalue weighted by atomic mass is 16.7. The van der Waals surface area contributed by atoms with Crippen molar-refractivity contribution >= 4 is 6.09 Å². The van der Waals surface area contributed by atoms with Crippen LogP contribution in [0.3, 0.4) is 0 Å². The monoisotopic (exact) mass is 379 g/mol. The van der Waals surface area contributed by atoms with E-state index in [1.807, 2.05) is 20.8 Å². The van der Waals surface area contributed by atoms with Gasteiger partial charge in [-0.1, -0.05) is 32.4 Å². The number of hydrogen-bond acceptors (Lipinski definition) is 4. The smallest absolute Gasteiger partial charge is 0.407 e. The Bertz CT molecular complexity index is 549. The maximum atomic E-state index is 12.5. The average molecular weight is 380 g/mol. The SMILES string of the molecule is CCC1(C)[C@H]2C[C@H](C/C=C\CC3OCCO3)C(NC(=O)OC(C)(C)C)[C@@H]1C2. The van der Waals surface area contributed by atoms with Gasteiger partial charge in [0, 0.05) is 12.5 Å². The van der Waals surface area contributed by atoms with Crippen LogP contribution in [0.4, 0.5) is 4.79 Å². The van der Waals surface area contributed by atoms with Gasteiger partial charge in [-0.3, -0.25) is 0 Å². The zero-order valence-electron chi connectivity index (χ0n) is 17.6. The van der Waals surface area contributed by atoms with Crippen LogP contribution in [-0.2, 0) is 14.2 Å². The Balaban J connectivity index is 1.60. The largest absolute Gasteiger partial charge is 0.444 e. The van der Waals surface area contributed by atoms with Crippen molar-refractivity contribution in [2.45, 2.75) is 84.7 Å². The van der Waals surface area contributed by atoms with Gasteiger partial charge >= 0.3 is 6.09 Å². The Kier molecular flexibility index (Phi) is 6.21. The summed E-state index contributed by atoms with van der Waals surface area (Å²) in [5.41, 5.74) is -0.114. The molecule has 4 rings (SSSR count). The van der Waals surface area contributed by atoms with Gasteiger partial charge in [-0.15, -0.1) is 0 Å². The second-order valence-electron chi connectivity index (χ2n) is 9.68. The molecule has 4 fully saturated rings. The maximum Gasteiger partial charge on any atom is 0.407 e. The van der Waals surface area contributed by atoms with Crippen LogP contribution in [0.5, 0.6) is 0 Å². The number of amides is 1. The van der Waals surface area contributed by atoms with Crippen LogP contribution >= 0.6 is 0 Å². The Hall–Kier alpha value is -1.07. The first kappa shape index (κ1) is 20.7. The van der Waals surface area contributed by atoms with Crippen LogP contribution in [0.2, 0.25) is 0 Å². The van der Waals surface area contributed by atoms with E-state index >= 15 is 0 Å². The Labute approximate surface area is 164 Å². The van der Waals surface area contributed by atoms with Gasteiger partial charge in [0.15, 0.2) is 6.29 Å². The van der Waals surface area contributed by atoms with E-state index < -0.39 is 5.60 Å². The van der Waals surface area contributed by atoms with E-state index in [4.69, 9.17) is 14.2 Å². The number of hydrogen-bond donors (Lipinski definition) is 1. The molecule has 1 saturated heterocycles. The molecular weight excluding hydrogens is 342 g/mol. The first-order valence-corrected chi connectivity index (χ1v) is 10.6. The Morgan fingerprint density at radius 3 is 2.48 bits per heavy atom. The summed E-state index contributed by atoms with van der Waals surface area (Å²) < 4.78 is 16.5. The minimum Gasteiger partial charge on any atom is -0.444 e. The van der Waals surface area contributed by atoms with Gasteiger partial charge in [-0.2, -0.15) is 0 Å². The van der Waals surface area contributed by atoms with E-state index in [2.05, 4.69) is 31.3 Å². The van der Waals surface area contributed by atoms with E-state index in [9.17, 15) is 4.79 Å². The quantitative estimate of drug-likeness (QED) is 0.682. The number of rotatable bonds is 6. The third-order valence-corrected chi connectivity index (χ3v) is 6.92. The first-order valence-electron chi connectivity index (χ1n) is 10.6. The number of fused-ring (bicyclic) bond motifs is 2. The molecule has 2 bridgehead atoms. The summed E-state index contributed by atoms with van der Waals surface area (Å²) in [6, 6.07) is 0.193. The lowest BCUT2D eigenvalue weighted by Gasteiger charge is -2.63. The molecule has 0 aromatic rings. The fourth-order valence-electron chi connectivity index (χ4n) is 5.23. The van der Waals surface area contributed by atoms with Gasteiger partial charge in [-0.25, -0.2) is 4.79 Å². The zero-order chi connectivity index (χ0) is 19.7. The standard InChI is InChI=1S/C22H37NO4/c1-6-22(5)16-13-15(9-7-8-10-18-25-11-12-26-18)19(17(22)14-16)23-20(24)27-21(2,3)4/h7-8,15-19H,6,9-14H2,1-5H3,(H,23,24)/b8-7-/t15-,16-,17-,19?,22?/m0/s1. The molecule has 0 radical (unpaired) electrons. The Morgan fingerprint density at radius 1 is 1.19 bits per heavy atom. The molecule has 3 saturated carbocycles. The molecule has 27 heavy (non-hydrogen) atoms. The van der Waals surface area contributed by atoms with Crippen molar-refractivity contribution < 1.29 is 19.0 Å². The summed E-state index contributed by atoms with van der Waals surface area (Å²) in [6.07, 6.45) is 9.42. The van der Waals surface area contributed by atoms with E-state index in [-0.39, 0.29) is 18.4 Å². The number of carbonyl (C=O) groups is 1. The molecule has 4 aliphatic rings. The van der Waals surface area contributed by atoms with Crippen molar-refractivity contribution in [3.05, 3.63) is 12.2 Å². The second kappa shape index (κ2) is 8.12. The van der Waals surface area contributed by atoms with Crippen molar-refractivity contribution in [2.75, 3.05) is 13.2 Å². The normalized spacial score (nSPS) is 36.6. The summed E-state index contributed by atoms with van der Waals surface area (Å²) in [7, 11) is 0. The highest BCUT2D eigenvalue weighted by Gasteiger charge is 2.59. The molecule has 1 N–H and O–H groups in total. The highest BCUT2D eigenvalue weighted by molar-refractivity contribution is 5.68. The number of ether oxygens (including phenoxy) is 3. The molecule has 0 spiro atoms. The topological polar surface area (TPSA) is 56.8 Å². The molecule has 3 aliphatic carbocycles. The minimum atomic E-state index is -0.467. The number of alkyl carbamates (subject to hydrolysis) is 1. The van der Waals surface area contributed by atoms with Crippen LogP contribution in [0.15, 0.2) is 12.2 Å². The lowest BCUT2D eigenvalue weighted by atomic mass is 9.43. The van der Waals surface area contributed by atoms with Gasteiger partial charge in [0.1, 0.15) is 5.60 Å². The summed E-state index contributed by atoms with van der Waals surface area (Å²) in [5.74, 6) is 1.81. The fraction of sp³-hybridized carbons (Fsp3) is 0.864. The van der Waals surface area contributed by atoms with Crippen LogP contribution in [-0.4, -0.2) is 37.2 Å². The van der Waals surface area contributed by atoms with Gasteiger partial charge < -0.3 is 19.5 Å². The highest BCUT2D eigenvalue weighted by Crippen LogP contribution is 2.63. The maximum absolute atomic E-state index is 12.5. The fourth-order valence-corrected chi connectivity index (χ4v) is 5.23. The van der Waals surface area contributed by atoms with E-state index in [1.165, 1.54) is 19.3 Å². The molecule has 5 atom stereocenters. The van der Waals surface area contributed by atoms with Gasteiger partial charge in [0.25, 0.3) is 0 Å². The third-order valence-electron chi connectivity index (χ3n) is 6.92. The second-order valence-corrected chi connectivity index (χ2v) is 9.68. The predicted octanol–water partition coefficient (Wildman–Crippen LogP) is 4.66. The molecule has 1 aliphatic heterocycles. The minimum absolute atomic E-state index is 0.0833. The van der Waals surface area contributed by atoms with Crippen molar-refractivity contribution in [1.82, 2.24) is 5.32 Å². The molecule has 5 nitrogen and oxygen atoms in total. The van der Waals surface area contributed by atoms with Gasteiger partial charge in [-0.05, 0) is 63.2 Å². The molecule has 1 amide bonds. The van der Waals surface area contributed by atoms with Crippen LogP contribution in [0.25, 0.3) is 0 Å².